The highest BCUT2D eigenvalue weighted by Crippen LogP contribution is 2.48. The van der Waals surface area contributed by atoms with Gasteiger partial charge in [-0.1, -0.05) is 106 Å². The van der Waals surface area contributed by atoms with Crippen molar-refractivity contribution in [1.29, 1.82) is 0 Å². The van der Waals surface area contributed by atoms with Gasteiger partial charge in [0.15, 0.2) is 0 Å². The van der Waals surface area contributed by atoms with Crippen LogP contribution in [-0.4, -0.2) is 6.71 Å². The molecule has 0 atom stereocenters. The number of aryl methyl sites for hydroxylation is 1. The number of thiophene rings is 1. The average molecular weight is 624 g/mol. The van der Waals surface area contributed by atoms with Gasteiger partial charge >= 0.3 is 0 Å². The first-order valence-electron chi connectivity index (χ1n) is 17.2. The molecule has 0 N–H and O–H groups in total. The molecule has 0 radical (unpaired) electrons. The Balaban J connectivity index is 1.52. The van der Waals surface area contributed by atoms with Crippen molar-refractivity contribution in [3.05, 3.63) is 107 Å². The normalized spacial score (nSPS) is 17.1. The van der Waals surface area contributed by atoms with Crippen molar-refractivity contribution in [1.82, 2.24) is 0 Å². The van der Waals surface area contributed by atoms with Gasteiger partial charge < -0.3 is 4.90 Å². The van der Waals surface area contributed by atoms with Crippen LogP contribution < -0.4 is 20.6 Å². The highest BCUT2D eigenvalue weighted by Gasteiger charge is 2.42. The van der Waals surface area contributed by atoms with Crippen molar-refractivity contribution in [2.45, 2.75) is 111 Å². The summed E-state index contributed by atoms with van der Waals surface area (Å²) in [7, 11) is 0. The van der Waals surface area contributed by atoms with Gasteiger partial charge in [-0.3, -0.25) is 0 Å². The summed E-state index contributed by atoms with van der Waals surface area (Å²) in [5, 5.41) is 1.36. The summed E-state index contributed by atoms with van der Waals surface area (Å²) >= 11 is 1.97. The van der Waals surface area contributed by atoms with Gasteiger partial charge in [0.2, 0.25) is 0 Å². The van der Waals surface area contributed by atoms with Crippen LogP contribution in [0.5, 0.6) is 0 Å². The molecule has 3 heteroatoms. The van der Waals surface area contributed by atoms with E-state index in [9.17, 15) is 0 Å². The van der Waals surface area contributed by atoms with Gasteiger partial charge in [0, 0.05) is 21.8 Å². The molecule has 1 aromatic heterocycles. The van der Waals surface area contributed by atoms with E-state index in [1.807, 2.05) is 11.3 Å². The van der Waals surface area contributed by atoms with Crippen molar-refractivity contribution in [3.63, 3.8) is 0 Å². The fourth-order valence-corrected chi connectivity index (χ4v) is 8.98. The fourth-order valence-electron chi connectivity index (χ4n) is 7.80. The van der Waals surface area contributed by atoms with Crippen molar-refractivity contribution in [3.8, 4) is 0 Å². The van der Waals surface area contributed by atoms with Gasteiger partial charge in [-0.2, -0.15) is 0 Å². The van der Waals surface area contributed by atoms with Crippen LogP contribution in [0.3, 0.4) is 0 Å². The minimum Gasteiger partial charge on any atom is -0.312 e. The summed E-state index contributed by atoms with van der Waals surface area (Å²) in [5.74, 6) is 0. The van der Waals surface area contributed by atoms with Crippen LogP contribution in [0.15, 0.2) is 78.9 Å². The Morgan fingerprint density at radius 2 is 1.22 bits per heavy atom. The van der Waals surface area contributed by atoms with E-state index in [-0.39, 0.29) is 28.4 Å². The summed E-state index contributed by atoms with van der Waals surface area (Å²) in [6.45, 7) is 26.1. The lowest BCUT2D eigenvalue weighted by molar-refractivity contribution is 0.332. The van der Waals surface area contributed by atoms with Crippen LogP contribution in [0, 0.1) is 6.92 Å². The molecule has 236 valence electrons. The molecule has 0 fully saturated rings. The van der Waals surface area contributed by atoms with E-state index in [1.54, 1.807) is 0 Å². The minimum atomic E-state index is 0.112. The molecule has 0 unspecified atom stereocenters. The van der Waals surface area contributed by atoms with Gasteiger partial charge in [-0.05, 0) is 133 Å². The minimum absolute atomic E-state index is 0.112. The zero-order valence-corrected chi connectivity index (χ0v) is 30.7. The summed E-state index contributed by atoms with van der Waals surface area (Å²) in [6.07, 6.45) is 2.42. The summed E-state index contributed by atoms with van der Waals surface area (Å²) in [6, 6.07) is 31.3. The fraction of sp³-hybridized carbons (Fsp3) is 0.395. The Morgan fingerprint density at radius 3 is 1.85 bits per heavy atom. The van der Waals surface area contributed by atoms with E-state index in [0.29, 0.717) is 0 Å². The van der Waals surface area contributed by atoms with E-state index in [1.165, 1.54) is 83.5 Å². The maximum Gasteiger partial charge on any atom is 0.259 e. The smallest absolute Gasteiger partial charge is 0.259 e. The third-order valence-electron chi connectivity index (χ3n) is 11.0. The number of fused-ring (bicyclic) bond motifs is 4. The number of benzene rings is 4. The molecule has 1 aliphatic heterocycles. The van der Waals surface area contributed by atoms with E-state index in [4.69, 9.17) is 0 Å². The lowest BCUT2D eigenvalue weighted by Crippen LogP contribution is -2.57. The van der Waals surface area contributed by atoms with Gasteiger partial charge in [0.05, 0.1) is 0 Å². The van der Waals surface area contributed by atoms with Crippen molar-refractivity contribution in [2.24, 2.45) is 0 Å². The molecule has 0 saturated carbocycles. The molecule has 1 nitrogen and oxygen atoms in total. The molecular weight excluding hydrogens is 573 g/mol. The Hall–Kier alpha value is -3.30. The number of nitrogens with zero attached hydrogens (tertiary/aromatic N) is 1. The summed E-state index contributed by atoms with van der Waals surface area (Å²) in [5.41, 5.74) is 14.3. The van der Waals surface area contributed by atoms with Crippen LogP contribution >= 0.6 is 11.3 Å². The van der Waals surface area contributed by atoms with E-state index >= 15 is 0 Å². The second-order valence-corrected chi connectivity index (χ2v) is 18.6. The van der Waals surface area contributed by atoms with Crippen molar-refractivity contribution < 1.29 is 0 Å². The molecular formula is C43H50BNS. The maximum absolute atomic E-state index is 2.63. The Labute approximate surface area is 282 Å². The first-order valence-corrected chi connectivity index (χ1v) is 18.0. The molecule has 46 heavy (non-hydrogen) atoms. The van der Waals surface area contributed by atoms with Gasteiger partial charge in [0.1, 0.15) is 0 Å². The number of anilines is 3. The lowest BCUT2D eigenvalue weighted by Gasteiger charge is -2.45. The van der Waals surface area contributed by atoms with Crippen LogP contribution in [0.1, 0.15) is 110 Å². The molecule has 5 aromatic rings. The van der Waals surface area contributed by atoms with Crippen LogP contribution in [0.25, 0.3) is 10.1 Å². The van der Waals surface area contributed by atoms with E-state index in [0.717, 1.165) is 0 Å². The number of hydrogen-bond donors (Lipinski definition) is 0. The lowest BCUT2D eigenvalue weighted by atomic mass is 9.37. The largest absolute Gasteiger partial charge is 0.312 e. The monoisotopic (exact) mass is 623 g/mol. The second-order valence-electron chi connectivity index (χ2n) is 17.5. The SMILES string of the molecule is Cc1ccc2c(c1)N(c1ccc(C(C)(C)C)cc1)c1cc3c(cc1B2c1cc2cc(C(C)(C)C)ccc2s1)C(C)(C)CCC3(C)C. The third-order valence-corrected chi connectivity index (χ3v) is 12.1. The van der Waals surface area contributed by atoms with Crippen molar-refractivity contribution >= 4 is 60.9 Å². The van der Waals surface area contributed by atoms with Gasteiger partial charge in [-0.25, -0.2) is 0 Å². The molecule has 1 aliphatic carbocycles. The predicted octanol–water partition coefficient (Wildman–Crippen LogP) is 10.5. The van der Waals surface area contributed by atoms with E-state index in [2.05, 4.69) is 160 Å². The number of rotatable bonds is 2. The molecule has 2 aliphatic rings. The molecule has 2 heterocycles. The van der Waals surface area contributed by atoms with Gasteiger partial charge in [-0.15, -0.1) is 11.3 Å². The van der Waals surface area contributed by atoms with Crippen LogP contribution in [0.4, 0.5) is 17.1 Å². The quantitative estimate of drug-likeness (QED) is 0.174. The summed E-state index contributed by atoms with van der Waals surface area (Å²) < 4.78 is 2.81. The molecule has 0 bridgehead atoms. The summed E-state index contributed by atoms with van der Waals surface area (Å²) in [4.78, 5) is 2.57. The Morgan fingerprint density at radius 1 is 0.630 bits per heavy atom. The predicted molar refractivity (Wildman–Crippen MR) is 205 cm³/mol. The van der Waals surface area contributed by atoms with Crippen LogP contribution in [0.2, 0.25) is 0 Å². The molecule has 0 amide bonds. The molecule has 4 aromatic carbocycles. The van der Waals surface area contributed by atoms with E-state index < -0.39 is 0 Å². The number of hydrogen-bond acceptors (Lipinski definition) is 2. The highest BCUT2D eigenvalue weighted by atomic mass is 32.1. The first-order chi connectivity index (χ1) is 21.4. The standard InChI is InChI=1S/C43H50BNS/c1-27-12-18-34-36(22-27)45(31-16-13-29(14-17-31)40(2,3)4)37-26-33-32(42(8,9)20-21-43(33,10)11)25-35(37)44(34)39-24-28-23-30(41(5,6)7)15-19-38(28)46-39/h12-19,22-26H,20-21H2,1-11H3. The highest BCUT2D eigenvalue weighted by molar-refractivity contribution is 7.32. The molecule has 0 saturated heterocycles. The molecule has 7 rings (SSSR count). The maximum atomic E-state index is 2.63. The Kier molecular flexibility index (Phi) is 7.05. The average Bonchev–Trinajstić information content (AvgIpc) is 3.40. The molecule has 0 spiro atoms. The zero-order valence-electron chi connectivity index (χ0n) is 29.9. The Bertz CT molecular complexity index is 1980. The van der Waals surface area contributed by atoms with Gasteiger partial charge in [0.25, 0.3) is 6.71 Å². The van der Waals surface area contributed by atoms with Crippen LogP contribution in [-0.2, 0) is 21.7 Å². The van der Waals surface area contributed by atoms with Crippen molar-refractivity contribution in [2.75, 3.05) is 4.90 Å². The zero-order chi connectivity index (χ0) is 33.0. The topological polar surface area (TPSA) is 3.24 Å². The third kappa shape index (κ3) is 5.14. The second kappa shape index (κ2) is 10.4. The first kappa shape index (κ1) is 31.3.